The highest BCUT2D eigenvalue weighted by atomic mass is 16.3. The van der Waals surface area contributed by atoms with Crippen molar-refractivity contribution in [2.45, 2.75) is 89.9 Å². The van der Waals surface area contributed by atoms with Gasteiger partial charge in [0.2, 0.25) is 0 Å². The zero-order valence-corrected chi connectivity index (χ0v) is 40.1. The highest BCUT2D eigenvalue weighted by molar-refractivity contribution is 6.20. The maximum Gasteiger partial charge on any atom is 0.144 e. The van der Waals surface area contributed by atoms with Crippen molar-refractivity contribution in [3.05, 3.63) is 196 Å². The van der Waals surface area contributed by atoms with E-state index in [1.165, 1.54) is 116 Å². The molecule has 0 saturated carbocycles. The quantitative estimate of drug-likeness (QED) is 0.173. The van der Waals surface area contributed by atoms with Crippen LogP contribution >= 0.6 is 0 Å². The normalized spacial score (nSPS) is 17.9. The SMILES string of the molecule is CC1(C)C2=C(C=CCC2)c2cc(-c3cc4c(c5oc6ccccc6c35)-c3cc5c(cc3C4(C)C)-c3c(cc(-c4ccc6c(c4)-c4ccccc4C6(C)C)c4c3oc3ccccc34)C5(C)C)ccc21. The monoisotopic (exact) mass is 876 g/mol. The standard InChI is InChI=1S/C66H52O2/c1-63(2)47-21-13-9-17-37(47)43-29-35(25-27-49(43)63)41-31-53-59(61-57(41)39-19-11-15-23-55(39)67-61)45-33-52-46(34-51(45)65(53,5)6)60-54(66(52,7)8)32-42(58-40-20-12-16-24-56(40)68-62(58)60)36-26-28-50-44(30-36)38-18-10-14-22-48(38)64(50,3)4/h9-13,15-21,23-34H,14,22H2,1-8H3. The number of fused-ring (bicyclic) bond motifs is 19. The number of hydrogen-bond donors (Lipinski definition) is 0. The predicted octanol–water partition coefficient (Wildman–Crippen LogP) is 18.1. The summed E-state index contributed by atoms with van der Waals surface area (Å²) in [4.78, 5) is 0. The first kappa shape index (κ1) is 38.9. The van der Waals surface area contributed by atoms with Gasteiger partial charge in [0.25, 0.3) is 0 Å². The molecule has 68 heavy (non-hydrogen) atoms. The van der Waals surface area contributed by atoms with Gasteiger partial charge in [0, 0.05) is 54.3 Å². The molecule has 10 aromatic rings. The molecule has 2 nitrogen and oxygen atoms in total. The van der Waals surface area contributed by atoms with Gasteiger partial charge < -0.3 is 8.83 Å². The van der Waals surface area contributed by atoms with Gasteiger partial charge in [0.15, 0.2) is 0 Å². The summed E-state index contributed by atoms with van der Waals surface area (Å²) in [5.41, 5.74) is 29.7. The van der Waals surface area contributed by atoms with Gasteiger partial charge in [-0.3, -0.25) is 0 Å². The van der Waals surface area contributed by atoms with Crippen molar-refractivity contribution in [2.24, 2.45) is 0 Å². The van der Waals surface area contributed by atoms with Crippen LogP contribution in [0.25, 0.3) is 105 Å². The van der Waals surface area contributed by atoms with Crippen LogP contribution in [0.1, 0.15) is 113 Å². The van der Waals surface area contributed by atoms with Gasteiger partial charge in [0.05, 0.1) is 0 Å². The number of allylic oxidation sites excluding steroid dienone is 4. The van der Waals surface area contributed by atoms with E-state index in [4.69, 9.17) is 8.83 Å². The summed E-state index contributed by atoms with van der Waals surface area (Å²) in [6.45, 7) is 19.2. The van der Waals surface area contributed by atoms with Crippen LogP contribution < -0.4 is 0 Å². The third-order valence-electron chi connectivity index (χ3n) is 17.8. The Morgan fingerprint density at radius 3 is 1.44 bits per heavy atom. The molecule has 0 N–H and O–H groups in total. The molecule has 2 aromatic heterocycles. The van der Waals surface area contributed by atoms with Crippen LogP contribution in [0.5, 0.6) is 0 Å². The zero-order chi connectivity index (χ0) is 46.0. The van der Waals surface area contributed by atoms with Gasteiger partial charge in [0.1, 0.15) is 22.3 Å². The number of hydrogen-bond acceptors (Lipinski definition) is 2. The Balaban J connectivity index is 0.959. The van der Waals surface area contributed by atoms with Gasteiger partial charge in [-0.15, -0.1) is 0 Å². The van der Waals surface area contributed by atoms with Gasteiger partial charge in [-0.1, -0.05) is 158 Å². The summed E-state index contributed by atoms with van der Waals surface area (Å²) >= 11 is 0. The van der Waals surface area contributed by atoms with Crippen molar-refractivity contribution < 1.29 is 8.83 Å². The second-order valence-electron chi connectivity index (χ2n) is 22.6. The fourth-order valence-corrected chi connectivity index (χ4v) is 14.2. The first-order valence-electron chi connectivity index (χ1n) is 24.7. The molecule has 328 valence electrons. The van der Waals surface area contributed by atoms with E-state index in [9.17, 15) is 0 Å². The van der Waals surface area contributed by atoms with E-state index in [0.717, 1.165) is 45.9 Å². The van der Waals surface area contributed by atoms with Crippen molar-refractivity contribution >= 4 is 49.5 Å². The second-order valence-corrected chi connectivity index (χ2v) is 22.6. The summed E-state index contributed by atoms with van der Waals surface area (Å²) in [5, 5.41) is 4.71. The predicted molar refractivity (Wildman–Crippen MR) is 283 cm³/mol. The molecule has 2 heterocycles. The number of benzene rings is 8. The van der Waals surface area contributed by atoms with E-state index < -0.39 is 0 Å². The fourth-order valence-electron chi connectivity index (χ4n) is 14.2. The minimum Gasteiger partial charge on any atom is -0.455 e. The number of rotatable bonds is 2. The lowest BCUT2D eigenvalue weighted by atomic mass is 9.78. The summed E-state index contributed by atoms with van der Waals surface area (Å²) in [6.07, 6.45) is 6.98. The number of furan rings is 2. The Labute approximate surface area is 397 Å². The van der Waals surface area contributed by atoms with E-state index in [-0.39, 0.29) is 21.7 Å². The van der Waals surface area contributed by atoms with Crippen LogP contribution in [0.3, 0.4) is 0 Å². The van der Waals surface area contributed by atoms with E-state index in [2.05, 4.69) is 201 Å². The summed E-state index contributed by atoms with van der Waals surface area (Å²) in [6, 6.07) is 50.8. The Morgan fingerprint density at radius 1 is 0.382 bits per heavy atom. The molecule has 2 heteroatoms. The average molecular weight is 877 g/mol. The second kappa shape index (κ2) is 12.5. The lowest BCUT2D eigenvalue weighted by molar-refractivity contribution is 0.607. The van der Waals surface area contributed by atoms with Crippen molar-refractivity contribution in [3.63, 3.8) is 0 Å². The molecule has 0 atom stereocenters. The molecule has 5 aliphatic carbocycles. The largest absolute Gasteiger partial charge is 0.455 e. The Kier molecular flexibility index (Phi) is 7.14. The van der Waals surface area contributed by atoms with Gasteiger partial charge >= 0.3 is 0 Å². The zero-order valence-electron chi connectivity index (χ0n) is 40.1. The van der Waals surface area contributed by atoms with Crippen molar-refractivity contribution in [1.82, 2.24) is 0 Å². The van der Waals surface area contributed by atoms with E-state index in [1.807, 2.05) is 0 Å². The smallest absolute Gasteiger partial charge is 0.144 e. The Morgan fingerprint density at radius 2 is 0.853 bits per heavy atom. The molecule has 0 fully saturated rings. The van der Waals surface area contributed by atoms with E-state index >= 15 is 0 Å². The lowest BCUT2D eigenvalue weighted by Crippen LogP contribution is -2.17. The van der Waals surface area contributed by atoms with Crippen molar-refractivity contribution in [1.29, 1.82) is 0 Å². The first-order chi connectivity index (χ1) is 32.7. The topological polar surface area (TPSA) is 26.3 Å². The third-order valence-corrected chi connectivity index (χ3v) is 17.8. The van der Waals surface area contributed by atoms with Crippen LogP contribution in [0.15, 0.2) is 160 Å². The first-order valence-corrected chi connectivity index (χ1v) is 24.7. The van der Waals surface area contributed by atoms with Gasteiger partial charge in [-0.05, 0) is 156 Å². The van der Waals surface area contributed by atoms with Crippen LogP contribution in [0.2, 0.25) is 0 Å². The van der Waals surface area contributed by atoms with Crippen LogP contribution in [0.4, 0.5) is 0 Å². The lowest BCUT2D eigenvalue weighted by Gasteiger charge is -2.25. The molecule has 0 spiro atoms. The molecule has 0 aliphatic heterocycles. The summed E-state index contributed by atoms with van der Waals surface area (Å²) in [7, 11) is 0. The van der Waals surface area contributed by atoms with Gasteiger partial charge in [-0.2, -0.15) is 0 Å². The maximum atomic E-state index is 7.14. The molecule has 0 amide bonds. The third kappa shape index (κ3) is 4.60. The van der Waals surface area contributed by atoms with E-state index in [1.54, 1.807) is 5.57 Å². The molecular weight excluding hydrogens is 825 g/mol. The van der Waals surface area contributed by atoms with Gasteiger partial charge in [-0.25, -0.2) is 0 Å². The fraction of sp³-hybridized carbons (Fsp3) is 0.212. The number of para-hydroxylation sites is 2. The minimum atomic E-state index is -0.313. The molecule has 0 radical (unpaired) electrons. The molecule has 15 rings (SSSR count). The molecule has 8 aromatic carbocycles. The highest BCUT2D eigenvalue weighted by Gasteiger charge is 2.46. The van der Waals surface area contributed by atoms with Crippen LogP contribution in [-0.4, -0.2) is 0 Å². The van der Waals surface area contributed by atoms with Crippen molar-refractivity contribution in [3.8, 4) is 55.6 Å². The minimum absolute atomic E-state index is 0.0292. The van der Waals surface area contributed by atoms with E-state index in [0.29, 0.717) is 0 Å². The van der Waals surface area contributed by atoms with Crippen LogP contribution in [-0.2, 0) is 21.7 Å². The average Bonchev–Trinajstić information content (AvgIpc) is 4.13. The maximum absolute atomic E-state index is 7.14. The summed E-state index contributed by atoms with van der Waals surface area (Å²) < 4.78 is 14.3. The Hall–Kier alpha value is -7.16. The molecule has 0 saturated heterocycles. The summed E-state index contributed by atoms with van der Waals surface area (Å²) in [5.74, 6) is 0. The molecular formula is C66H52O2. The Bertz CT molecular complexity index is 4070. The van der Waals surface area contributed by atoms with Crippen molar-refractivity contribution in [2.75, 3.05) is 0 Å². The molecule has 0 bridgehead atoms. The molecule has 5 aliphatic rings. The highest BCUT2D eigenvalue weighted by Crippen LogP contribution is 2.62. The van der Waals surface area contributed by atoms with Crippen LogP contribution in [0, 0.1) is 0 Å². The molecule has 0 unspecified atom stereocenters.